The molecule has 0 spiro atoms. The highest BCUT2D eigenvalue weighted by Crippen LogP contribution is 1.93. The molecular weight excluding hydrogens is 194 g/mol. The van der Waals surface area contributed by atoms with Gasteiger partial charge in [-0.1, -0.05) is 19.7 Å². The first-order chi connectivity index (χ1) is 6.84. The molecule has 0 heterocycles. The smallest absolute Gasteiger partial charge is 0.353 e. The molecular formula is C11H17NO3. The fraction of sp³-hybridized carbons (Fsp3) is 0.273. The lowest BCUT2D eigenvalue weighted by Gasteiger charge is -2.05. The average molecular weight is 211 g/mol. The molecule has 84 valence electrons. The maximum Gasteiger partial charge on any atom is 0.353 e. The lowest BCUT2D eigenvalue weighted by atomic mass is 10.4. The molecule has 4 heteroatoms. The van der Waals surface area contributed by atoms with Crippen molar-refractivity contribution in [2.45, 2.75) is 13.8 Å². The van der Waals surface area contributed by atoms with Crippen LogP contribution in [-0.4, -0.2) is 18.9 Å². The number of hydrogen-bond acceptors (Lipinski definition) is 4. The molecule has 0 radical (unpaired) electrons. The number of carbonyl (C=O) groups excluding carboxylic acids is 2. The van der Waals surface area contributed by atoms with Crippen LogP contribution in [0.25, 0.3) is 0 Å². The fourth-order valence-electron chi connectivity index (χ4n) is 0.419. The van der Waals surface area contributed by atoms with Crippen LogP contribution in [-0.2, 0) is 14.3 Å². The highest BCUT2D eigenvalue weighted by atomic mass is 16.5. The maximum atomic E-state index is 10.7. The third-order valence-electron chi connectivity index (χ3n) is 0.990. The Bertz CT molecular complexity index is 276. The monoisotopic (exact) mass is 211 g/mol. The zero-order chi connectivity index (χ0) is 12.4. The van der Waals surface area contributed by atoms with Gasteiger partial charge in [0.2, 0.25) is 0 Å². The molecule has 0 fully saturated rings. The number of carbonyl (C=O) groups is 2. The molecule has 0 aromatic carbocycles. The van der Waals surface area contributed by atoms with E-state index in [1.54, 1.807) is 0 Å². The molecule has 0 aliphatic rings. The predicted octanol–water partition coefficient (Wildman–Crippen LogP) is 1.56. The molecule has 0 atom stereocenters. The summed E-state index contributed by atoms with van der Waals surface area (Å²) >= 11 is 0. The molecule has 1 N–H and O–H groups in total. The van der Waals surface area contributed by atoms with Crippen LogP contribution in [0.4, 0.5) is 0 Å². The minimum Gasteiger partial charge on any atom is -0.464 e. The molecule has 0 amide bonds. The van der Waals surface area contributed by atoms with E-state index in [-0.39, 0.29) is 11.5 Å². The second kappa shape index (κ2) is 8.74. The predicted molar refractivity (Wildman–Crippen MR) is 60.0 cm³/mol. The molecule has 0 aliphatic heterocycles. The van der Waals surface area contributed by atoms with E-state index in [1.165, 1.54) is 27.0 Å². The summed E-state index contributed by atoms with van der Waals surface area (Å²) in [5, 5.41) is 2.60. The highest BCUT2D eigenvalue weighted by molar-refractivity contribution is 5.87. The first kappa shape index (κ1) is 15.6. The largest absolute Gasteiger partial charge is 0.464 e. The number of ether oxygens (including phenoxy) is 1. The number of esters is 1. The van der Waals surface area contributed by atoms with Gasteiger partial charge < -0.3 is 14.8 Å². The van der Waals surface area contributed by atoms with Gasteiger partial charge in [0.15, 0.2) is 0 Å². The van der Waals surface area contributed by atoms with Crippen LogP contribution >= 0.6 is 0 Å². The Hall–Kier alpha value is -1.84. The number of nitrogens with one attached hydrogen (secondary N) is 1. The van der Waals surface area contributed by atoms with Gasteiger partial charge in [0.05, 0.1) is 7.11 Å². The number of ketones is 1. The molecule has 0 aromatic rings. The quantitative estimate of drug-likeness (QED) is 0.435. The van der Waals surface area contributed by atoms with Gasteiger partial charge in [0, 0.05) is 5.70 Å². The Morgan fingerprint density at radius 3 is 1.93 bits per heavy atom. The fourth-order valence-corrected chi connectivity index (χ4v) is 0.419. The summed E-state index contributed by atoms with van der Waals surface area (Å²) in [6.45, 7) is 13.5. The van der Waals surface area contributed by atoms with Crippen molar-refractivity contribution in [3.8, 4) is 0 Å². The summed E-state index contributed by atoms with van der Waals surface area (Å²) in [5.74, 6) is -0.340. The summed E-state index contributed by atoms with van der Waals surface area (Å²) < 4.78 is 4.38. The van der Waals surface area contributed by atoms with E-state index >= 15 is 0 Å². The van der Waals surface area contributed by atoms with Crippen LogP contribution in [0.2, 0.25) is 0 Å². The lowest BCUT2D eigenvalue weighted by molar-refractivity contribution is -0.136. The Balaban J connectivity index is 0. The van der Waals surface area contributed by atoms with Gasteiger partial charge in [-0.3, -0.25) is 0 Å². The van der Waals surface area contributed by atoms with Crippen molar-refractivity contribution in [1.82, 2.24) is 5.32 Å². The number of methoxy groups -OCH3 is 1. The minimum atomic E-state index is -0.506. The van der Waals surface area contributed by atoms with Crippen LogP contribution in [0.5, 0.6) is 0 Å². The van der Waals surface area contributed by atoms with Gasteiger partial charge in [0.25, 0.3) is 0 Å². The number of rotatable bonds is 4. The van der Waals surface area contributed by atoms with Gasteiger partial charge in [-0.05, 0) is 19.9 Å². The second-order valence-corrected chi connectivity index (χ2v) is 2.73. The third kappa shape index (κ3) is 12.2. The summed E-state index contributed by atoms with van der Waals surface area (Å²) in [5.41, 5.74) is 0.665. The molecule has 0 unspecified atom stereocenters. The molecule has 0 saturated heterocycles. The van der Waals surface area contributed by atoms with E-state index in [9.17, 15) is 9.59 Å². The van der Waals surface area contributed by atoms with Gasteiger partial charge in [0.1, 0.15) is 11.5 Å². The SMILES string of the molecule is C=CC(=C)NC(=C)C(=O)OC.CC(C)=O. The molecule has 0 saturated carbocycles. The highest BCUT2D eigenvalue weighted by Gasteiger charge is 2.04. The van der Waals surface area contributed by atoms with Crippen molar-refractivity contribution in [3.05, 3.63) is 37.2 Å². The summed E-state index contributed by atoms with van der Waals surface area (Å²) in [7, 11) is 1.28. The van der Waals surface area contributed by atoms with Crippen LogP contribution in [0.1, 0.15) is 13.8 Å². The van der Waals surface area contributed by atoms with Crippen molar-refractivity contribution < 1.29 is 14.3 Å². The maximum absolute atomic E-state index is 10.7. The summed E-state index contributed by atoms with van der Waals surface area (Å²) in [4.78, 5) is 20.1. The molecule has 0 aliphatic carbocycles. The number of hydrogen-bond donors (Lipinski definition) is 1. The second-order valence-electron chi connectivity index (χ2n) is 2.73. The zero-order valence-corrected chi connectivity index (χ0v) is 9.42. The minimum absolute atomic E-state index is 0.150. The van der Waals surface area contributed by atoms with Gasteiger partial charge in [-0.25, -0.2) is 4.79 Å². The first-order valence-electron chi connectivity index (χ1n) is 4.17. The Morgan fingerprint density at radius 1 is 1.27 bits per heavy atom. The molecule has 0 bridgehead atoms. The molecule has 4 nitrogen and oxygen atoms in total. The van der Waals surface area contributed by atoms with E-state index in [4.69, 9.17) is 0 Å². The van der Waals surface area contributed by atoms with Crippen molar-refractivity contribution in [1.29, 1.82) is 0 Å². The van der Waals surface area contributed by atoms with Gasteiger partial charge in [-0.2, -0.15) is 0 Å². The van der Waals surface area contributed by atoms with Gasteiger partial charge >= 0.3 is 5.97 Å². The van der Waals surface area contributed by atoms with Crippen molar-refractivity contribution in [3.63, 3.8) is 0 Å². The Kier molecular flexibility index (Phi) is 9.11. The lowest BCUT2D eigenvalue weighted by Crippen LogP contribution is -2.18. The van der Waals surface area contributed by atoms with Crippen LogP contribution in [0, 0.1) is 0 Å². The molecule has 0 aromatic heterocycles. The van der Waals surface area contributed by atoms with E-state index in [0.717, 1.165) is 0 Å². The molecule has 0 rings (SSSR count). The third-order valence-corrected chi connectivity index (χ3v) is 0.990. The first-order valence-corrected chi connectivity index (χ1v) is 4.17. The van der Waals surface area contributed by atoms with E-state index in [2.05, 4.69) is 29.8 Å². The molecule has 15 heavy (non-hydrogen) atoms. The van der Waals surface area contributed by atoms with Crippen LogP contribution in [0.15, 0.2) is 37.2 Å². The number of allylic oxidation sites excluding steroid dienone is 1. The summed E-state index contributed by atoms with van der Waals surface area (Å²) in [6, 6.07) is 0. The standard InChI is InChI=1S/C8H11NO2.C3H6O/c1-5-6(2)9-7(3)8(10)11-4;1-3(2)4/h5,9H,1-3H2,4H3;1-2H3. The summed E-state index contributed by atoms with van der Waals surface area (Å²) in [6.07, 6.45) is 1.48. The van der Waals surface area contributed by atoms with Crippen molar-refractivity contribution >= 4 is 11.8 Å². The average Bonchev–Trinajstić information content (AvgIpc) is 2.15. The Labute approximate surface area is 90.3 Å². The number of Topliss-reactive ketones (excluding diaryl/α,β-unsaturated/α-hetero) is 1. The van der Waals surface area contributed by atoms with Crippen molar-refractivity contribution in [2.75, 3.05) is 7.11 Å². The van der Waals surface area contributed by atoms with E-state index in [1.807, 2.05) is 0 Å². The normalized spacial score (nSPS) is 7.67. The Morgan fingerprint density at radius 2 is 1.67 bits per heavy atom. The van der Waals surface area contributed by atoms with Crippen molar-refractivity contribution in [2.24, 2.45) is 0 Å². The van der Waals surface area contributed by atoms with E-state index in [0.29, 0.717) is 5.70 Å². The van der Waals surface area contributed by atoms with E-state index < -0.39 is 5.97 Å². The topological polar surface area (TPSA) is 55.4 Å². The van der Waals surface area contributed by atoms with Gasteiger partial charge in [-0.15, -0.1) is 0 Å². The zero-order valence-electron chi connectivity index (χ0n) is 9.42. The van der Waals surface area contributed by atoms with Crippen LogP contribution < -0.4 is 5.32 Å². The van der Waals surface area contributed by atoms with Crippen LogP contribution in [0.3, 0.4) is 0 Å².